The molecular formula is C11H14F2N2O2. The highest BCUT2D eigenvalue weighted by Gasteiger charge is 2.19. The van der Waals surface area contributed by atoms with Crippen molar-refractivity contribution < 1.29 is 18.3 Å². The number of nitrogens with zero attached hydrogens (tertiary/aromatic N) is 1. The van der Waals surface area contributed by atoms with Gasteiger partial charge >= 0.3 is 5.97 Å². The number of hydrogen-bond donors (Lipinski definition) is 1. The number of rotatable bonds is 4. The molecule has 0 aliphatic rings. The molecule has 0 aliphatic carbocycles. The summed E-state index contributed by atoms with van der Waals surface area (Å²) >= 11 is 0. The van der Waals surface area contributed by atoms with Crippen molar-refractivity contribution in [2.75, 3.05) is 6.61 Å². The lowest BCUT2D eigenvalue weighted by Crippen LogP contribution is -2.15. The zero-order valence-corrected chi connectivity index (χ0v) is 9.67. The Bertz CT molecular complexity index is 422. The average Bonchev–Trinajstić information content (AvgIpc) is 2.28. The number of nitrogens with two attached hydrogens (primary N) is 1. The first-order valence-corrected chi connectivity index (χ1v) is 5.17. The highest BCUT2D eigenvalue weighted by molar-refractivity contribution is 5.90. The number of alkyl halides is 2. The molecule has 1 rings (SSSR count). The summed E-state index contributed by atoms with van der Waals surface area (Å²) in [5.41, 5.74) is 5.57. The van der Waals surface area contributed by atoms with Gasteiger partial charge in [0.15, 0.2) is 0 Å². The van der Waals surface area contributed by atoms with Crippen molar-refractivity contribution in [2.24, 2.45) is 5.73 Å². The summed E-state index contributed by atoms with van der Waals surface area (Å²) in [5.74, 6) is -0.593. The maximum absolute atomic E-state index is 12.6. The number of aromatic nitrogens is 1. The second-order valence-corrected chi connectivity index (χ2v) is 3.41. The molecule has 0 bridgehead atoms. The molecular weight excluding hydrogens is 230 g/mol. The highest BCUT2D eigenvalue weighted by atomic mass is 19.3. The molecule has 2 N–H and O–H groups in total. The van der Waals surface area contributed by atoms with Crippen molar-refractivity contribution >= 4 is 5.97 Å². The molecule has 6 heteroatoms. The Morgan fingerprint density at radius 1 is 1.59 bits per heavy atom. The summed E-state index contributed by atoms with van der Waals surface area (Å²) in [5, 5.41) is 0. The fourth-order valence-corrected chi connectivity index (χ4v) is 1.43. The lowest BCUT2D eigenvalue weighted by molar-refractivity contribution is 0.0523. The Balaban J connectivity index is 3.23. The van der Waals surface area contributed by atoms with E-state index in [-0.39, 0.29) is 35.7 Å². The zero-order chi connectivity index (χ0) is 13.0. The van der Waals surface area contributed by atoms with E-state index in [0.29, 0.717) is 0 Å². The van der Waals surface area contributed by atoms with Gasteiger partial charge in [0.05, 0.1) is 17.9 Å². The van der Waals surface area contributed by atoms with Gasteiger partial charge in [0.1, 0.15) is 5.69 Å². The van der Waals surface area contributed by atoms with Crippen molar-refractivity contribution in [3.05, 3.63) is 28.6 Å². The summed E-state index contributed by atoms with van der Waals surface area (Å²) in [6.07, 6.45) is -2.68. The molecule has 4 nitrogen and oxygen atoms in total. The summed E-state index contributed by atoms with van der Waals surface area (Å²) in [6, 6.07) is 1.34. The van der Waals surface area contributed by atoms with Crippen LogP contribution in [0.3, 0.4) is 0 Å². The Morgan fingerprint density at radius 2 is 2.24 bits per heavy atom. The summed E-state index contributed by atoms with van der Waals surface area (Å²) < 4.78 is 30.0. The molecule has 0 saturated heterocycles. The smallest absolute Gasteiger partial charge is 0.340 e. The molecule has 0 amide bonds. The second kappa shape index (κ2) is 5.67. The lowest BCUT2D eigenvalue weighted by Gasteiger charge is -2.11. The van der Waals surface area contributed by atoms with Crippen molar-refractivity contribution in [1.29, 1.82) is 0 Å². The largest absolute Gasteiger partial charge is 0.462 e. The Morgan fingerprint density at radius 3 is 2.71 bits per heavy atom. The van der Waals surface area contributed by atoms with E-state index in [2.05, 4.69) is 4.98 Å². The van der Waals surface area contributed by atoms with E-state index in [4.69, 9.17) is 10.5 Å². The number of hydrogen-bond acceptors (Lipinski definition) is 4. The Kier molecular flexibility index (Phi) is 4.51. The fourth-order valence-electron chi connectivity index (χ4n) is 1.43. The topological polar surface area (TPSA) is 65.2 Å². The van der Waals surface area contributed by atoms with E-state index in [9.17, 15) is 13.6 Å². The fraction of sp³-hybridized carbons (Fsp3) is 0.455. The lowest BCUT2D eigenvalue weighted by atomic mass is 10.1. The molecule has 0 aliphatic heterocycles. The Hall–Kier alpha value is -1.56. The van der Waals surface area contributed by atoms with Gasteiger partial charge in [-0.2, -0.15) is 0 Å². The molecule has 1 heterocycles. The molecule has 1 aromatic rings. The minimum Gasteiger partial charge on any atom is -0.462 e. The average molecular weight is 244 g/mol. The van der Waals surface area contributed by atoms with Crippen LogP contribution in [-0.2, 0) is 11.3 Å². The van der Waals surface area contributed by atoms with Crippen molar-refractivity contribution in [2.45, 2.75) is 26.8 Å². The summed E-state index contributed by atoms with van der Waals surface area (Å²) in [4.78, 5) is 15.3. The van der Waals surface area contributed by atoms with Crippen LogP contribution in [0.25, 0.3) is 0 Å². The standard InChI is InChI=1S/C11H14F2N2O2/c1-3-17-11(16)7-4-6(2)9(10(12)13)15-8(7)5-14/h4,10H,3,5,14H2,1-2H3. The van der Waals surface area contributed by atoms with Crippen LogP contribution in [0.4, 0.5) is 8.78 Å². The van der Waals surface area contributed by atoms with Crippen molar-refractivity contribution in [3.8, 4) is 0 Å². The monoisotopic (exact) mass is 244 g/mol. The van der Waals surface area contributed by atoms with Gasteiger partial charge in [-0.25, -0.2) is 18.6 Å². The van der Waals surface area contributed by atoms with E-state index < -0.39 is 12.4 Å². The third kappa shape index (κ3) is 2.97. The number of ether oxygens (including phenoxy) is 1. The van der Waals surface area contributed by atoms with E-state index in [1.807, 2.05) is 0 Å². The molecule has 0 radical (unpaired) electrons. The van der Waals surface area contributed by atoms with Crippen LogP contribution in [0.5, 0.6) is 0 Å². The number of carbonyl (C=O) groups excluding carboxylic acids is 1. The number of carbonyl (C=O) groups is 1. The third-order valence-electron chi connectivity index (χ3n) is 2.23. The minimum atomic E-state index is -2.68. The van der Waals surface area contributed by atoms with E-state index in [1.54, 1.807) is 6.92 Å². The maximum atomic E-state index is 12.6. The van der Waals surface area contributed by atoms with Crippen LogP contribution in [0.1, 0.15) is 40.7 Å². The first kappa shape index (κ1) is 13.5. The normalized spacial score (nSPS) is 10.7. The minimum absolute atomic E-state index is 0.0891. The van der Waals surface area contributed by atoms with Gasteiger partial charge in [-0.05, 0) is 25.5 Å². The predicted octanol–water partition coefficient (Wildman–Crippen LogP) is 1.96. The summed E-state index contributed by atoms with van der Waals surface area (Å²) in [7, 11) is 0. The highest BCUT2D eigenvalue weighted by Crippen LogP contribution is 2.23. The van der Waals surface area contributed by atoms with Gasteiger partial charge in [0, 0.05) is 6.54 Å². The van der Waals surface area contributed by atoms with Crippen LogP contribution in [0.2, 0.25) is 0 Å². The molecule has 0 aromatic carbocycles. The number of esters is 1. The zero-order valence-electron chi connectivity index (χ0n) is 9.67. The van der Waals surface area contributed by atoms with Gasteiger partial charge < -0.3 is 10.5 Å². The molecule has 0 fully saturated rings. The third-order valence-corrected chi connectivity index (χ3v) is 2.23. The number of halogens is 2. The van der Waals surface area contributed by atoms with Crippen molar-refractivity contribution in [3.63, 3.8) is 0 Å². The molecule has 1 aromatic heterocycles. The van der Waals surface area contributed by atoms with Gasteiger partial charge in [0.25, 0.3) is 6.43 Å². The first-order valence-electron chi connectivity index (χ1n) is 5.17. The van der Waals surface area contributed by atoms with E-state index in [1.165, 1.54) is 13.0 Å². The van der Waals surface area contributed by atoms with E-state index >= 15 is 0 Å². The molecule has 0 unspecified atom stereocenters. The molecule has 94 valence electrons. The predicted molar refractivity (Wildman–Crippen MR) is 57.8 cm³/mol. The summed E-state index contributed by atoms with van der Waals surface area (Å²) in [6.45, 7) is 3.25. The molecule has 0 saturated carbocycles. The molecule has 0 spiro atoms. The van der Waals surface area contributed by atoms with Crippen molar-refractivity contribution in [1.82, 2.24) is 4.98 Å². The quantitative estimate of drug-likeness (QED) is 0.822. The van der Waals surface area contributed by atoms with Crippen LogP contribution in [0.15, 0.2) is 6.07 Å². The van der Waals surface area contributed by atoms with Crippen LogP contribution >= 0.6 is 0 Å². The van der Waals surface area contributed by atoms with Crippen LogP contribution in [-0.4, -0.2) is 17.6 Å². The molecule has 0 atom stereocenters. The molecule has 17 heavy (non-hydrogen) atoms. The SMILES string of the molecule is CCOC(=O)c1cc(C)c(C(F)F)nc1CN. The number of aryl methyl sites for hydroxylation is 1. The van der Waals surface area contributed by atoms with Gasteiger partial charge in [0.2, 0.25) is 0 Å². The maximum Gasteiger partial charge on any atom is 0.340 e. The van der Waals surface area contributed by atoms with E-state index in [0.717, 1.165) is 0 Å². The number of pyridine rings is 1. The second-order valence-electron chi connectivity index (χ2n) is 3.41. The Labute approximate surface area is 97.8 Å². The van der Waals surface area contributed by atoms with Gasteiger partial charge in [-0.3, -0.25) is 0 Å². The van der Waals surface area contributed by atoms with Gasteiger partial charge in [-0.1, -0.05) is 0 Å². The van der Waals surface area contributed by atoms with Gasteiger partial charge in [-0.15, -0.1) is 0 Å². The van der Waals surface area contributed by atoms with Crippen LogP contribution < -0.4 is 5.73 Å². The first-order chi connectivity index (χ1) is 8.01. The van der Waals surface area contributed by atoms with Crippen LogP contribution in [0, 0.1) is 6.92 Å².